The first-order chi connectivity index (χ1) is 9.49. The van der Waals surface area contributed by atoms with Crippen LogP contribution in [0.2, 0.25) is 0 Å². The Morgan fingerprint density at radius 2 is 1.95 bits per heavy atom. The van der Waals surface area contributed by atoms with Crippen molar-refractivity contribution in [2.75, 3.05) is 0 Å². The molecule has 1 fully saturated rings. The summed E-state index contributed by atoms with van der Waals surface area (Å²) in [4.78, 5) is 35.8. The number of hydrogen-bond acceptors (Lipinski definition) is 3. The third-order valence-electron chi connectivity index (χ3n) is 3.80. The number of nitrogens with zero attached hydrogens (tertiary/aromatic N) is 2. The second-order valence-corrected chi connectivity index (χ2v) is 6.00. The van der Waals surface area contributed by atoms with Gasteiger partial charge in [0, 0.05) is 17.9 Å². The van der Waals surface area contributed by atoms with Crippen LogP contribution in [0.25, 0.3) is 11.0 Å². The quantitative estimate of drug-likeness (QED) is 0.748. The van der Waals surface area contributed by atoms with Crippen molar-refractivity contribution in [2.45, 2.75) is 25.3 Å². The van der Waals surface area contributed by atoms with Crippen LogP contribution in [0, 0.1) is 0 Å². The van der Waals surface area contributed by atoms with Gasteiger partial charge in [0.25, 0.3) is 0 Å². The molecule has 20 heavy (non-hydrogen) atoms. The number of imidazole rings is 1. The molecule has 0 N–H and O–H groups in total. The highest BCUT2D eigenvalue weighted by Crippen LogP contribution is 2.27. The van der Waals surface area contributed by atoms with Crippen molar-refractivity contribution in [3.63, 3.8) is 0 Å². The Kier molecular flexibility index (Phi) is 3.12. The number of carbonyl (C=O) groups excluding carboxylic acids is 2. The van der Waals surface area contributed by atoms with Crippen LogP contribution in [0.1, 0.15) is 25.3 Å². The third kappa shape index (κ3) is 1.95. The van der Waals surface area contributed by atoms with Gasteiger partial charge in [-0.2, -0.15) is 0 Å². The Hall–Kier alpha value is -1.69. The third-order valence-corrected chi connectivity index (χ3v) is 4.30. The van der Waals surface area contributed by atoms with Crippen LogP contribution < -0.4 is 5.69 Å². The molecule has 1 unspecified atom stereocenters. The number of aryl methyl sites for hydroxylation is 1. The number of rotatable bonds is 1. The molecule has 0 bridgehead atoms. The lowest BCUT2D eigenvalue weighted by Gasteiger charge is -2.21. The number of halogens is 1. The molecule has 1 saturated carbocycles. The van der Waals surface area contributed by atoms with Gasteiger partial charge in [0.05, 0.1) is 23.5 Å². The second-order valence-electron chi connectivity index (χ2n) is 5.08. The lowest BCUT2D eigenvalue weighted by atomic mass is 9.93. The summed E-state index contributed by atoms with van der Waals surface area (Å²) in [6.45, 7) is 0. The molecule has 0 aliphatic heterocycles. The first kappa shape index (κ1) is 13.3. The van der Waals surface area contributed by atoms with Gasteiger partial charge in [0.1, 0.15) is 5.78 Å². The predicted octanol–water partition coefficient (Wildman–Crippen LogP) is 1.97. The highest BCUT2D eigenvalue weighted by molar-refractivity contribution is 9.10. The zero-order valence-electron chi connectivity index (χ0n) is 10.9. The van der Waals surface area contributed by atoms with E-state index in [1.54, 1.807) is 7.05 Å². The molecule has 1 aliphatic carbocycles. The summed E-state index contributed by atoms with van der Waals surface area (Å²) < 4.78 is 3.93. The highest BCUT2D eigenvalue weighted by Gasteiger charge is 2.31. The van der Waals surface area contributed by atoms with Gasteiger partial charge in [-0.1, -0.05) is 15.9 Å². The van der Waals surface area contributed by atoms with Crippen LogP contribution in [0.5, 0.6) is 0 Å². The summed E-state index contributed by atoms with van der Waals surface area (Å²) in [5.41, 5.74) is 1.29. The maximum absolute atomic E-state index is 12.4. The monoisotopic (exact) mass is 336 g/mol. The molecule has 6 heteroatoms. The van der Waals surface area contributed by atoms with Crippen LogP contribution >= 0.6 is 15.9 Å². The molecular weight excluding hydrogens is 324 g/mol. The number of carbonyl (C=O) groups is 2. The average Bonchev–Trinajstić information content (AvgIpc) is 2.63. The fourth-order valence-electron chi connectivity index (χ4n) is 2.77. The van der Waals surface area contributed by atoms with Gasteiger partial charge in [0.2, 0.25) is 0 Å². The standard InChI is InChI=1S/C14H13BrN2O3/c1-16-12-6-8(15)2-4-10(12)17(14(16)20)11-5-3-9(18)7-13(11)19/h2,4,6,11H,3,5,7H2,1H3. The fourth-order valence-corrected chi connectivity index (χ4v) is 3.12. The number of benzene rings is 1. The molecule has 1 aromatic heterocycles. The van der Waals surface area contributed by atoms with E-state index >= 15 is 0 Å². The lowest BCUT2D eigenvalue weighted by molar-refractivity contribution is -0.132. The predicted molar refractivity (Wildman–Crippen MR) is 77.8 cm³/mol. The highest BCUT2D eigenvalue weighted by atomic mass is 79.9. The Morgan fingerprint density at radius 3 is 2.65 bits per heavy atom. The summed E-state index contributed by atoms with van der Waals surface area (Å²) in [6.07, 6.45) is 0.701. The first-order valence-electron chi connectivity index (χ1n) is 6.40. The zero-order valence-corrected chi connectivity index (χ0v) is 12.5. The Labute approximate surface area is 123 Å². The molecule has 5 nitrogen and oxygen atoms in total. The maximum Gasteiger partial charge on any atom is 0.329 e. The number of Topliss-reactive ketones (excluding diaryl/α,β-unsaturated/α-hetero) is 2. The van der Waals surface area contributed by atoms with E-state index in [2.05, 4.69) is 15.9 Å². The number of ketones is 2. The first-order valence-corrected chi connectivity index (χ1v) is 7.19. The van der Waals surface area contributed by atoms with Crippen LogP contribution in [0.3, 0.4) is 0 Å². The van der Waals surface area contributed by atoms with E-state index in [9.17, 15) is 14.4 Å². The minimum atomic E-state index is -0.523. The molecule has 3 rings (SSSR count). The molecule has 104 valence electrons. The van der Waals surface area contributed by atoms with E-state index in [1.807, 2.05) is 18.2 Å². The molecule has 0 spiro atoms. The van der Waals surface area contributed by atoms with Gasteiger partial charge in [-0.15, -0.1) is 0 Å². The number of aromatic nitrogens is 2. The van der Waals surface area contributed by atoms with Gasteiger partial charge in [-0.3, -0.25) is 18.7 Å². The summed E-state index contributed by atoms with van der Waals surface area (Å²) in [5, 5.41) is 0. The molecule has 0 saturated heterocycles. The van der Waals surface area contributed by atoms with E-state index < -0.39 is 6.04 Å². The fraction of sp³-hybridized carbons (Fsp3) is 0.357. The van der Waals surface area contributed by atoms with Crippen molar-refractivity contribution >= 4 is 38.5 Å². The van der Waals surface area contributed by atoms with Gasteiger partial charge < -0.3 is 0 Å². The molecule has 1 atom stereocenters. The van der Waals surface area contributed by atoms with Gasteiger partial charge >= 0.3 is 5.69 Å². The van der Waals surface area contributed by atoms with E-state index in [4.69, 9.17) is 0 Å². The summed E-state index contributed by atoms with van der Waals surface area (Å²) in [7, 11) is 1.69. The molecular formula is C14H13BrN2O3. The van der Waals surface area contributed by atoms with Crippen molar-refractivity contribution in [3.8, 4) is 0 Å². The SMILES string of the molecule is Cn1c(=O)n(C2CCC(=O)CC2=O)c2ccc(Br)cc21. The van der Waals surface area contributed by atoms with Gasteiger partial charge in [0.15, 0.2) is 5.78 Å². The maximum atomic E-state index is 12.4. The minimum Gasteiger partial charge on any atom is -0.299 e. The van der Waals surface area contributed by atoms with Crippen LogP contribution in [-0.4, -0.2) is 20.7 Å². The van der Waals surface area contributed by atoms with E-state index in [-0.39, 0.29) is 23.7 Å². The lowest BCUT2D eigenvalue weighted by Crippen LogP contribution is -2.34. The summed E-state index contributed by atoms with van der Waals surface area (Å²) in [6, 6.07) is 5.00. The summed E-state index contributed by atoms with van der Waals surface area (Å²) >= 11 is 3.38. The topological polar surface area (TPSA) is 61.1 Å². The van der Waals surface area contributed by atoms with E-state index in [0.717, 1.165) is 15.5 Å². The number of hydrogen-bond donors (Lipinski definition) is 0. The van der Waals surface area contributed by atoms with Gasteiger partial charge in [-0.25, -0.2) is 4.79 Å². The van der Waals surface area contributed by atoms with Crippen LogP contribution in [0.4, 0.5) is 0 Å². The zero-order chi connectivity index (χ0) is 14.4. The number of fused-ring (bicyclic) bond motifs is 1. The molecule has 1 aliphatic rings. The van der Waals surface area contributed by atoms with Crippen molar-refractivity contribution in [1.82, 2.24) is 9.13 Å². The largest absolute Gasteiger partial charge is 0.329 e. The Morgan fingerprint density at radius 1 is 1.20 bits per heavy atom. The van der Waals surface area contributed by atoms with Crippen LogP contribution in [-0.2, 0) is 16.6 Å². The Balaban J connectivity index is 2.21. The molecule has 2 aromatic rings. The average molecular weight is 337 g/mol. The smallest absolute Gasteiger partial charge is 0.299 e. The van der Waals surface area contributed by atoms with Gasteiger partial charge in [-0.05, 0) is 24.6 Å². The molecule has 1 aromatic carbocycles. The van der Waals surface area contributed by atoms with Crippen molar-refractivity contribution < 1.29 is 9.59 Å². The molecule has 0 radical (unpaired) electrons. The van der Waals surface area contributed by atoms with E-state index in [0.29, 0.717) is 12.8 Å². The van der Waals surface area contributed by atoms with Crippen molar-refractivity contribution in [3.05, 3.63) is 33.2 Å². The van der Waals surface area contributed by atoms with Crippen LogP contribution in [0.15, 0.2) is 27.5 Å². The Bertz CT molecular complexity index is 788. The van der Waals surface area contributed by atoms with E-state index in [1.165, 1.54) is 9.13 Å². The summed E-state index contributed by atoms with van der Waals surface area (Å²) in [5.74, 6) is -0.207. The van der Waals surface area contributed by atoms with Crippen molar-refractivity contribution in [2.24, 2.45) is 7.05 Å². The normalized spacial score (nSPS) is 19.8. The minimum absolute atomic E-state index is 0.0396. The molecule has 0 amide bonds. The molecule has 1 heterocycles. The second kappa shape index (κ2) is 4.70. The van der Waals surface area contributed by atoms with Crippen molar-refractivity contribution in [1.29, 1.82) is 0 Å².